The molecule has 0 saturated heterocycles. The molecule has 0 bridgehead atoms. The standard InChI is InChI=1S/C9H22O4Si2/c1-6-10-15(11-7-2,12-8-3)9(4)13-14-5/h9H,6-8H2,1-5H3. The van der Waals surface area contributed by atoms with Gasteiger partial charge in [0.05, 0.1) is 0 Å². The van der Waals surface area contributed by atoms with Crippen molar-refractivity contribution in [3.63, 3.8) is 0 Å². The molecule has 0 aromatic carbocycles. The molecule has 1 atom stereocenters. The van der Waals surface area contributed by atoms with Gasteiger partial charge in [-0.15, -0.1) is 0 Å². The Labute approximate surface area is 96.6 Å². The zero-order chi connectivity index (χ0) is 11.7. The highest BCUT2D eigenvalue weighted by Crippen LogP contribution is 2.17. The van der Waals surface area contributed by atoms with Gasteiger partial charge in [-0.05, 0) is 34.2 Å². The van der Waals surface area contributed by atoms with Crippen molar-refractivity contribution >= 4 is 18.6 Å². The van der Waals surface area contributed by atoms with E-state index < -0.39 is 8.80 Å². The first-order valence-corrected chi connectivity index (χ1v) is 8.62. The molecule has 0 N–H and O–H groups in total. The molecule has 0 amide bonds. The van der Waals surface area contributed by atoms with Gasteiger partial charge >= 0.3 is 8.80 Å². The molecule has 4 nitrogen and oxygen atoms in total. The molecule has 0 aliphatic carbocycles. The highest BCUT2D eigenvalue weighted by atomic mass is 28.4. The fourth-order valence-electron chi connectivity index (χ4n) is 1.33. The summed E-state index contributed by atoms with van der Waals surface area (Å²) in [5, 5.41) is 0. The second kappa shape index (κ2) is 8.43. The summed E-state index contributed by atoms with van der Waals surface area (Å²) in [6.07, 6.45) is 0. The molecule has 15 heavy (non-hydrogen) atoms. The third-order valence-corrected chi connectivity index (χ3v) is 5.84. The average molecular weight is 250 g/mol. The quantitative estimate of drug-likeness (QED) is 0.583. The van der Waals surface area contributed by atoms with Gasteiger partial charge in [-0.25, -0.2) is 0 Å². The normalized spacial score (nSPS) is 14.2. The highest BCUT2D eigenvalue weighted by Gasteiger charge is 2.47. The lowest BCUT2D eigenvalue weighted by Gasteiger charge is -2.33. The Morgan fingerprint density at radius 3 is 1.67 bits per heavy atom. The number of hydrogen-bond acceptors (Lipinski definition) is 4. The summed E-state index contributed by atoms with van der Waals surface area (Å²) in [4.78, 5) is 0. The van der Waals surface area contributed by atoms with Crippen LogP contribution in [0, 0.1) is 0 Å². The third kappa shape index (κ3) is 4.75. The van der Waals surface area contributed by atoms with E-state index >= 15 is 0 Å². The fraction of sp³-hybridized carbons (Fsp3) is 1.00. The van der Waals surface area contributed by atoms with E-state index in [4.69, 9.17) is 17.7 Å². The maximum atomic E-state index is 5.70. The largest absolute Gasteiger partial charge is 0.529 e. The SMILES string of the molecule is CCO[Si](OCC)(OCC)C(C)O[Si]C. The van der Waals surface area contributed by atoms with E-state index in [0.717, 1.165) is 0 Å². The first kappa shape index (κ1) is 15.3. The van der Waals surface area contributed by atoms with Crippen LogP contribution in [0.15, 0.2) is 0 Å². The van der Waals surface area contributed by atoms with Crippen LogP contribution in [0.5, 0.6) is 0 Å². The molecule has 90 valence electrons. The van der Waals surface area contributed by atoms with Crippen LogP contribution >= 0.6 is 0 Å². The second-order valence-electron chi connectivity index (χ2n) is 2.87. The summed E-state index contributed by atoms with van der Waals surface area (Å²) in [7, 11) is -2.22. The van der Waals surface area contributed by atoms with Crippen molar-refractivity contribution < 1.29 is 17.7 Å². The predicted molar refractivity (Wildman–Crippen MR) is 62.8 cm³/mol. The van der Waals surface area contributed by atoms with E-state index in [-0.39, 0.29) is 5.73 Å². The lowest BCUT2D eigenvalue weighted by molar-refractivity contribution is 0.0344. The molecule has 6 heteroatoms. The monoisotopic (exact) mass is 250 g/mol. The van der Waals surface area contributed by atoms with E-state index in [1.54, 1.807) is 0 Å². The molecule has 0 aromatic heterocycles. The van der Waals surface area contributed by atoms with Crippen LogP contribution < -0.4 is 0 Å². The topological polar surface area (TPSA) is 36.9 Å². The van der Waals surface area contributed by atoms with Crippen molar-refractivity contribution in [3.8, 4) is 0 Å². The highest BCUT2D eigenvalue weighted by molar-refractivity contribution is 6.62. The summed E-state index contributed by atoms with van der Waals surface area (Å²) in [5.41, 5.74) is -0.0966. The van der Waals surface area contributed by atoms with Crippen molar-refractivity contribution in [2.45, 2.75) is 40.0 Å². The maximum Gasteiger partial charge on any atom is 0.529 e. The Hall–Kier alpha value is 0.274. The zero-order valence-electron chi connectivity index (χ0n) is 10.3. The van der Waals surface area contributed by atoms with Gasteiger partial charge in [0.1, 0.15) is 5.73 Å². The molecule has 0 heterocycles. The first-order valence-electron chi connectivity index (χ1n) is 5.41. The molecule has 0 aromatic rings. The molecular weight excluding hydrogens is 228 g/mol. The summed E-state index contributed by atoms with van der Waals surface area (Å²) in [6.45, 7) is 11.6. The van der Waals surface area contributed by atoms with E-state index in [9.17, 15) is 0 Å². The van der Waals surface area contributed by atoms with Crippen LogP contribution in [0.25, 0.3) is 0 Å². The van der Waals surface area contributed by atoms with Crippen LogP contribution in [0.3, 0.4) is 0 Å². The fourth-order valence-corrected chi connectivity index (χ4v) is 4.78. The van der Waals surface area contributed by atoms with Gasteiger partial charge in [0, 0.05) is 19.8 Å². The van der Waals surface area contributed by atoms with E-state index in [0.29, 0.717) is 29.6 Å². The Morgan fingerprint density at radius 2 is 1.40 bits per heavy atom. The molecule has 0 saturated carbocycles. The predicted octanol–water partition coefficient (Wildman–Crippen LogP) is 1.65. The van der Waals surface area contributed by atoms with E-state index in [1.807, 2.05) is 34.2 Å². The Morgan fingerprint density at radius 1 is 1.00 bits per heavy atom. The van der Waals surface area contributed by atoms with Crippen molar-refractivity contribution in [1.82, 2.24) is 0 Å². The Balaban J connectivity index is 4.57. The van der Waals surface area contributed by atoms with Crippen LogP contribution in [0.4, 0.5) is 0 Å². The van der Waals surface area contributed by atoms with Gasteiger partial charge in [-0.3, -0.25) is 0 Å². The van der Waals surface area contributed by atoms with Gasteiger partial charge in [0.15, 0.2) is 0 Å². The van der Waals surface area contributed by atoms with Crippen LogP contribution in [0.2, 0.25) is 6.55 Å². The van der Waals surface area contributed by atoms with Crippen molar-refractivity contribution in [2.75, 3.05) is 19.8 Å². The van der Waals surface area contributed by atoms with Crippen molar-refractivity contribution in [3.05, 3.63) is 0 Å². The van der Waals surface area contributed by atoms with Crippen molar-refractivity contribution in [2.24, 2.45) is 0 Å². The molecule has 0 spiro atoms. The second-order valence-corrected chi connectivity index (χ2v) is 6.40. The van der Waals surface area contributed by atoms with Crippen LogP contribution in [0.1, 0.15) is 27.7 Å². The summed E-state index contributed by atoms with van der Waals surface area (Å²) >= 11 is 0. The summed E-state index contributed by atoms with van der Waals surface area (Å²) in [5.74, 6) is 0. The van der Waals surface area contributed by atoms with Crippen molar-refractivity contribution in [1.29, 1.82) is 0 Å². The molecule has 0 aliphatic rings. The summed E-state index contributed by atoms with van der Waals surface area (Å²) < 4.78 is 22.7. The minimum absolute atomic E-state index is 0.0966. The lowest BCUT2D eigenvalue weighted by atomic mass is 10.9. The van der Waals surface area contributed by atoms with Gasteiger partial charge in [-0.1, -0.05) is 0 Å². The Bertz CT molecular complexity index is 140. The lowest BCUT2D eigenvalue weighted by Crippen LogP contribution is -2.56. The molecule has 0 rings (SSSR count). The van der Waals surface area contributed by atoms with Crippen LogP contribution in [-0.2, 0) is 17.7 Å². The summed E-state index contributed by atoms with van der Waals surface area (Å²) in [6, 6.07) is 0. The Kier molecular flexibility index (Phi) is 8.58. The van der Waals surface area contributed by atoms with E-state index in [1.165, 1.54) is 0 Å². The molecule has 1 unspecified atom stereocenters. The van der Waals surface area contributed by atoms with Crippen LogP contribution in [-0.4, -0.2) is 44.1 Å². The third-order valence-electron chi connectivity index (χ3n) is 1.83. The number of hydrogen-bond donors (Lipinski definition) is 0. The number of rotatable bonds is 9. The molecule has 2 radical (unpaired) electrons. The van der Waals surface area contributed by atoms with Gasteiger partial charge < -0.3 is 17.7 Å². The first-order chi connectivity index (χ1) is 7.16. The smallest absolute Gasteiger partial charge is 0.410 e. The average Bonchev–Trinajstić information content (AvgIpc) is 2.19. The van der Waals surface area contributed by atoms with E-state index in [2.05, 4.69) is 0 Å². The molecule has 0 aliphatic heterocycles. The maximum absolute atomic E-state index is 5.70. The molecule has 0 fully saturated rings. The minimum atomic E-state index is -2.64. The van der Waals surface area contributed by atoms with Gasteiger partial charge in [-0.2, -0.15) is 0 Å². The molecular formula is C9H22O4Si2. The van der Waals surface area contributed by atoms with Gasteiger partial charge in [0.25, 0.3) is 0 Å². The zero-order valence-corrected chi connectivity index (χ0v) is 12.3. The minimum Gasteiger partial charge on any atom is -0.410 e. The van der Waals surface area contributed by atoms with Gasteiger partial charge in [0.2, 0.25) is 9.76 Å².